The van der Waals surface area contributed by atoms with E-state index in [-0.39, 0.29) is 6.04 Å². The summed E-state index contributed by atoms with van der Waals surface area (Å²) in [6, 6.07) is 7.38. The van der Waals surface area contributed by atoms with Crippen LogP contribution in [0.4, 0.5) is 0 Å². The van der Waals surface area contributed by atoms with Crippen LogP contribution in [0.25, 0.3) is 0 Å². The molecule has 0 heterocycles. The fraction of sp³-hybridized carbons (Fsp3) is 0.462. The standard InChI is InChI=1S/C13H18BrNO2/c1-3-6-12(13(16)17)15-9(2)10-7-4-5-8-11(10)14/h4-5,7-9,12,15H,3,6H2,1-2H3,(H,16,17)/t9-,12?/m0/s1. The summed E-state index contributed by atoms with van der Waals surface area (Å²) < 4.78 is 1.00. The maximum absolute atomic E-state index is 11.1. The molecule has 0 radical (unpaired) electrons. The van der Waals surface area contributed by atoms with Crippen LogP contribution in [0.1, 0.15) is 38.3 Å². The van der Waals surface area contributed by atoms with Crippen LogP contribution < -0.4 is 5.32 Å². The van der Waals surface area contributed by atoms with Crippen molar-refractivity contribution in [1.82, 2.24) is 5.32 Å². The molecule has 1 aromatic carbocycles. The molecule has 0 spiro atoms. The quantitative estimate of drug-likeness (QED) is 0.847. The van der Waals surface area contributed by atoms with Crippen LogP contribution in [-0.4, -0.2) is 17.1 Å². The molecule has 0 aliphatic rings. The Kier molecular flexibility index (Phi) is 5.65. The van der Waals surface area contributed by atoms with Gasteiger partial charge in [0, 0.05) is 10.5 Å². The molecule has 17 heavy (non-hydrogen) atoms. The molecule has 94 valence electrons. The van der Waals surface area contributed by atoms with Crippen molar-refractivity contribution in [2.75, 3.05) is 0 Å². The Morgan fingerprint density at radius 1 is 1.47 bits per heavy atom. The zero-order chi connectivity index (χ0) is 12.8. The number of carboxylic acids is 1. The first-order chi connectivity index (χ1) is 8.06. The predicted octanol–water partition coefficient (Wildman–Crippen LogP) is 3.35. The third kappa shape index (κ3) is 4.13. The Morgan fingerprint density at radius 2 is 2.12 bits per heavy atom. The maximum Gasteiger partial charge on any atom is 0.320 e. The highest BCUT2D eigenvalue weighted by atomic mass is 79.9. The van der Waals surface area contributed by atoms with E-state index in [0.29, 0.717) is 6.42 Å². The molecule has 0 bridgehead atoms. The highest BCUT2D eigenvalue weighted by Gasteiger charge is 2.19. The summed E-state index contributed by atoms with van der Waals surface area (Å²) in [4.78, 5) is 11.1. The lowest BCUT2D eigenvalue weighted by Crippen LogP contribution is -2.38. The van der Waals surface area contributed by atoms with Gasteiger partial charge in [0.1, 0.15) is 6.04 Å². The summed E-state index contributed by atoms with van der Waals surface area (Å²) in [5.41, 5.74) is 1.08. The van der Waals surface area contributed by atoms with E-state index < -0.39 is 12.0 Å². The average Bonchev–Trinajstić information content (AvgIpc) is 2.28. The van der Waals surface area contributed by atoms with Gasteiger partial charge in [0.15, 0.2) is 0 Å². The molecule has 1 aromatic rings. The first kappa shape index (κ1) is 14.2. The molecular weight excluding hydrogens is 282 g/mol. The topological polar surface area (TPSA) is 49.3 Å². The van der Waals surface area contributed by atoms with Crippen molar-refractivity contribution < 1.29 is 9.90 Å². The summed E-state index contributed by atoms with van der Waals surface area (Å²) in [7, 11) is 0. The number of halogens is 1. The van der Waals surface area contributed by atoms with Crippen molar-refractivity contribution in [2.45, 2.75) is 38.8 Å². The minimum atomic E-state index is -0.786. The highest BCUT2D eigenvalue weighted by molar-refractivity contribution is 9.10. The van der Waals surface area contributed by atoms with Crippen LogP contribution in [0.2, 0.25) is 0 Å². The maximum atomic E-state index is 11.1. The molecule has 0 fully saturated rings. The van der Waals surface area contributed by atoms with Gasteiger partial charge < -0.3 is 5.11 Å². The second kappa shape index (κ2) is 6.77. The fourth-order valence-corrected chi connectivity index (χ4v) is 2.41. The van der Waals surface area contributed by atoms with Crippen LogP contribution in [0.3, 0.4) is 0 Å². The average molecular weight is 300 g/mol. The number of aliphatic carboxylic acids is 1. The van der Waals surface area contributed by atoms with Gasteiger partial charge in [-0.2, -0.15) is 0 Å². The van der Waals surface area contributed by atoms with E-state index in [1.807, 2.05) is 38.1 Å². The molecule has 4 heteroatoms. The van der Waals surface area contributed by atoms with Crippen LogP contribution >= 0.6 is 15.9 Å². The number of carboxylic acid groups (broad SMARTS) is 1. The molecule has 3 nitrogen and oxygen atoms in total. The largest absolute Gasteiger partial charge is 0.480 e. The van der Waals surface area contributed by atoms with Gasteiger partial charge in [-0.15, -0.1) is 0 Å². The first-order valence-electron chi connectivity index (χ1n) is 5.79. The van der Waals surface area contributed by atoms with Gasteiger partial charge in [0.25, 0.3) is 0 Å². The molecule has 0 amide bonds. The van der Waals surface area contributed by atoms with Crippen molar-refractivity contribution in [3.8, 4) is 0 Å². The molecule has 1 unspecified atom stereocenters. The zero-order valence-electron chi connectivity index (χ0n) is 10.1. The number of rotatable bonds is 6. The molecule has 0 saturated carbocycles. The summed E-state index contributed by atoms with van der Waals surface area (Å²) in [5, 5.41) is 12.2. The normalized spacial score (nSPS) is 14.3. The van der Waals surface area contributed by atoms with E-state index in [0.717, 1.165) is 16.5 Å². The third-order valence-corrected chi connectivity index (χ3v) is 3.42. The van der Waals surface area contributed by atoms with E-state index in [1.54, 1.807) is 0 Å². The number of hydrogen-bond acceptors (Lipinski definition) is 2. The number of nitrogens with one attached hydrogen (secondary N) is 1. The monoisotopic (exact) mass is 299 g/mol. The summed E-state index contributed by atoms with van der Waals surface area (Å²) in [5.74, 6) is -0.786. The summed E-state index contributed by atoms with van der Waals surface area (Å²) in [6.45, 7) is 3.96. The smallest absolute Gasteiger partial charge is 0.320 e. The lowest BCUT2D eigenvalue weighted by molar-refractivity contribution is -0.139. The van der Waals surface area contributed by atoms with Gasteiger partial charge in [-0.05, 0) is 25.0 Å². The Hall–Kier alpha value is -0.870. The third-order valence-electron chi connectivity index (χ3n) is 2.70. The van der Waals surface area contributed by atoms with Gasteiger partial charge in [-0.3, -0.25) is 10.1 Å². The van der Waals surface area contributed by atoms with Crippen molar-refractivity contribution >= 4 is 21.9 Å². The van der Waals surface area contributed by atoms with E-state index in [4.69, 9.17) is 5.11 Å². The van der Waals surface area contributed by atoms with Crippen molar-refractivity contribution in [3.05, 3.63) is 34.3 Å². The van der Waals surface area contributed by atoms with Crippen molar-refractivity contribution in [3.63, 3.8) is 0 Å². The molecule has 0 aliphatic carbocycles. The van der Waals surface area contributed by atoms with Gasteiger partial charge in [0.2, 0.25) is 0 Å². The number of hydrogen-bond donors (Lipinski definition) is 2. The second-order valence-electron chi connectivity index (χ2n) is 4.09. The van der Waals surface area contributed by atoms with Crippen LogP contribution in [-0.2, 0) is 4.79 Å². The first-order valence-corrected chi connectivity index (χ1v) is 6.58. The fourth-order valence-electron chi connectivity index (χ4n) is 1.78. The molecule has 0 saturated heterocycles. The number of benzene rings is 1. The van der Waals surface area contributed by atoms with Gasteiger partial charge in [0.05, 0.1) is 0 Å². The van der Waals surface area contributed by atoms with Crippen molar-refractivity contribution in [2.24, 2.45) is 0 Å². The van der Waals surface area contributed by atoms with Gasteiger partial charge in [-0.25, -0.2) is 0 Å². The summed E-state index contributed by atoms with van der Waals surface area (Å²) in [6.07, 6.45) is 1.50. The van der Waals surface area contributed by atoms with Gasteiger partial charge in [-0.1, -0.05) is 47.5 Å². The van der Waals surface area contributed by atoms with E-state index in [2.05, 4.69) is 21.2 Å². The van der Waals surface area contributed by atoms with E-state index in [1.165, 1.54) is 0 Å². The highest BCUT2D eigenvalue weighted by Crippen LogP contribution is 2.23. The Balaban J connectivity index is 2.73. The Bertz CT molecular complexity index is 381. The number of carbonyl (C=O) groups is 1. The molecule has 0 aromatic heterocycles. The Labute approximate surface area is 110 Å². The minimum Gasteiger partial charge on any atom is -0.480 e. The van der Waals surface area contributed by atoms with Crippen LogP contribution in [0.5, 0.6) is 0 Å². The minimum absolute atomic E-state index is 0.0122. The molecule has 1 rings (SSSR count). The van der Waals surface area contributed by atoms with E-state index in [9.17, 15) is 4.79 Å². The molecule has 2 N–H and O–H groups in total. The van der Waals surface area contributed by atoms with Crippen LogP contribution in [0, 0.1) is 0 Å². The zero-order valence-corrected chi connectivity index (χ0v) is 11.7. The van der Waals surface area contributed by atoms with E-state index >= 15 is 0 Å². The molecule has 2 atom stereocenters. The van der Waals surface area contributed by atoms with Crippen LogP contribution in [0.15, 0.2) is 28.7 Å². The Morgan fingerprint density at radius 3 is 2.65 bits per heavy atom. The van der Waals surface area contributed by atoms with Crippen molar-refractivity contribution in [1.29, 1.82) is 0 Å². The second-order valence-corrected chi connectivity index (χ2v) is 4.94. The lowest BCUT2D eigenvalue weighted by Gasteiger charge is -2.21. The molecular formula is C13H18BrNO2. The van der Waals surface area contributed by atoms with Gasteiger partial charge >= 0.3 is 5.97 Å². The lowest BCUT2D eigenvalue weighted by atomic mass is 10.1. The SMILES string of the molecule is CCCC(N[C@@H](C)c1ccccc1Br)C(=O)O. The summed E-state index contributed by atoms with van der Waals surface area (Å²) >= 11 is 3.48. The predicted molar refractivity (Wildman–Crippen MR) is 72.0 cm³/mol. The molecule has 0 aliphatic heterocycles.